The molecule has 0 aliphatic rings. The average Bonchev–Trinajstić information content (AvgIpc) is 2.13. The zero-order valence-electron chi connectivity index (χ0n) is 6.28. The molecule has 0 bridgehead atoms. The maximum absolute atomic E-state index is 13.1. The Morgan fingerprint density at radius 2 is 1.92 bits per heavy atom. The SMILES string of the molecule is O=C(CBr)c1ccc(Br)c(F)c1F. The van der Waals surface area contributed by atoms with Gasteiger partial charge in [-0.15, -0.1) is 0 Å². The highest BCUT2D eigenvalue weighted by Gasteiger charge is 2.16. The number of benzene rings is 1. The summed E-state index contributed by atoms with van der Waals surface area (Å²) in [6, 6.07) is 2.54. The van der Waals surface area contributed by atoms with Gasteiger partial charge in [0.05, 0.1) is 15.4 Å². The summed E-state index contributed by atoms with van der Waals surface area (Å²) in [5, 5.41) is -0.0228. The maximum Gasteiger partial charge on any atom is 0.176 e. The van der Waals surface area contributed by atoms with Crippen LogP contribution in [0.25, 0.3) is 0 Å². The van der Waals surface area contributed by atoms with E-state index in [1.54, 1.807) is 0 Å². The van der Waals surface area contributed by atoms with Crippen LogP contribution in [0.3, 0.4) is 0 Å². The minimum absolute atomic E-state index is 0.0103. The Hall–Kier alpha value is -0.290. The number of alkyl halides is 1. The lowest BCUT2D eigenvalue weighted by Crippen LogP contribution is -2.05. The predicted octanol–water partition coefficient (Wildman–Crippen LogP) is 3.30. The number of carbonyl (C=O) groups excluding carboxylic acids is 1. The van der Waals surface area contributed by atoms with Gasteiger partial charge in [-0.25, -0.2) is 8.78 Å². The van der Waals surface area contributed by atoms with E-state index in [0.29, 0.717) is 0 Å². The van der Waals surface area contributed by atoms with Gasteiger partial charge in [-0.1, -0.05) is 15.9 Å². The fourth-order valence-electron chi connectivity index (χ4n) is 0.813. The molecule has 13 heavy (non-hydrogen) atoms. The number of rotatable bonds is 2. The van der Waals surface area contributed by atoms with Crippen molar-refractivity contribution in [3.05, 3.63) is 33.8 Å². The van der Waals surface area contributed by atoms with E-state index in [9.17, 15) is 13.6 Å². The van der Waals surface area contributed by atoms with Gasteiger partial charge in [0.15, 0.2) is 17.4 Å². The van der Waals surface area contributed by atoms with E-state index in [-0.39, 0.29) is 15.4 Å². The van der Waals surface area contributed by atoms with E-state index in [1.165, 1.54) is 12.1 Å². The van der Waals surface area contributed by atoms with Crippen molar-refractivity contribution in [2.24, 2.45) is 0 Å². The van der Waals surface area contributed by atoms with Crippen molar-refractivity contribution >= 4 is 37.6 Å². The Kier molecular flexibility index (Phi) is 3.55. The molecule has 0 aliphatic carbocycles. The second-order valence-corrected chi connectivity index (χ2v) is 3.69. The van der Waals surface area contributed by atoms with Gasteiger partial charge in [0, 0.05) is 0 Å². The number of ketones is 1. The summed E-state index contributed by atoms with van der Waals surface area (Å²) < 4.78 is 26.0. The molecule has 0 aliphatic heterocycles. The first kappa shape index (κ1) is 10.8. The summed E-state index contributed by atoms with van der Waals surface area (Å²) in [5.41, 5.74) is -0.238. The summed E-state index contributed by atoms with van der Waals surface area (Å²) >= 11 is 5.69. The van der Waals surface area contributed by atoms with Crippen LogP contribution in [0.2, 0.25) is 0 Å². The van der Waals surface area contributed by atoms with Gasteiger partial charge in [0.2, 0.25) is 0 Å². The quantitative estimate of drug-likeness (QED) is 0.465. The molecule has 1 rings (SSSR count). The van der Waals surface area contributed by atoms with Crippen LogP contribution < -0.4 is 0 Å². The lowest BCUT2D eigenvalue weighted by molar-refractivity contribution is 0.101. The maximum atomic E-state index is 13.1. The van der Waals surface area contributed by atoms with E-state index in [4.69, 9.17) is 0 Å². The highest BCUT2D eigenvalue weighted by molar-refractivity contribution is 9.10. The predicted molar refractivity (Wildman–Crippen MR) is 52.2 cm³/mol. The van der Waals surface area contributed by atoms with Gasteiger partial charge >= 0.3 is 0 Å². The normalized spacial score (nSPS) is 10.2. The lowest BCUT2D eigenvalue weighted by Gasteiger charge is -2.01. The molecule has 0 amide bonds. The molecule has 70 valence electrons. The Labute approximate surface area is 90.4 Å². The topological polar surface area (TPSA) is 17.1 Å². The largest absolute Gasteiger partial charge is 0.293 e. The van der Waals surface area contributed by atoms with Crippen molar-refractivity contribution in [1.29, 1.82) is 0 Å². The molecule has 5 heteroatoms. The van der Waals surface area contributed by atoms with Crippen molar-refractivity contribution < 1.29 is 13.6 Å². The van der Waals surface area contributed by atoms with E-state index in [0.717, 1.165) is 0 Å². The van der Waals surface area contributed by atoms with Crippen molar-refractivity contribution in [3.63, 3.8) is 0 Å². The lowest BCUT2D eigenvalue weighted by atomic mass is 10.1. The molecule has 0 atom stereocenters. The number of Topliss-reactive ketones (excluding diaryl/α,β-unsaturated/α-hetero) is 1. The smallest absolute Gasteiger partial charge is 0.176 e. The summed E-state index contributed by atoms with van der Waals surface area (Å²) in [7, 11) is 0. The van der Waals surface area contributed by atoms with Crippen LogP contribution in [0, 0.1) is 11.6 Å². The average molecular weight is 314 g/mol. The number of carbonyl (C=O) groups is 1. The van der Waals surface area contributed by atoms with Crippen molar-refractivity contribution in [3.8, 4) is 0 Å². The van der Waals surface area contributed by atoms with Gasteiger partial charge in [0.25, 0.3) is 0 Å². The van der Waals surface area contributed by atoms with Crippen LogP contribution in [0.5, 0.6) is 0 Å². The van der Waals surface area contributed by atoms with Crippen LogP contribution in [-0.2, 0) is 0 Å². The third kappa shape index (κ3) is 2.14. The zero-order valence-corrected chi connectivity index (χ0v) is 9.45. The highest BCUT2D eigenvalue weighted by Crippen LogP contribution is 2.21. The van der Waals surface area contributed by atoms with Crippen molar-refractivity contribution in [1.82, 2.24) is 0 Å². The first-order valence-corrected chi connectivity index (χ1v) is 5.22. The third-order valence-corrected chi connectivity index (χ3v) is 2.58. The Balaban J connectivity index is 3.26. The minimum atomic E-state index is -1.11. The molecule has 0 N–H and O–H groups in total. The third-order valence-electron chi connectivity index (χ3n) is 1.46. The molecule has 0 fully saturated rings. The molecule has 1 aromatic rings. The first-order chi connectivity index (χ1) is 6.07. The second-order valence-electron chi connectivity index (χ2n) is 2.28. The monoisotopic (exact) mass is 312 g/mol. The molecule has 0 saturated carbocycles. The van der Waals surface area contributed by atoms with Gasteiger partial charge in [-0.2, -0.15) is 0 Å². The molecular formula is C8H4Br2F2O. The van der Waals surface area contributed by atoms with Crippen LogP contribution in [0.4, 0.5) is 8.78 Å². The van der Waals surface area contributed by atoms with Crippen LogP contribution in [0.15, 0.2) is 16.6 Å². The van der Waals surface area contributed by atoms with Gasteiger partial charge in [-0.05, 0) is 28.1 Å². The molecule has 0 aromatic heterocycles. The molecular weight excluding hydrogens is 310 g/mol. The standard InChI is InChI=1S/C8H4Br2F2O/c9-3-6(13)4-1-2-5(10)8(12)7(4)11/h1-2H,3H2. The van der Waals surface area contributed by atoms with E-state index < -0.39 is 17.4 Å². The molecule has 1 nitrogen and oxygen atoms in total. The molecule has 0 spiro atoms. The number of hydrogen-bond acceptors (Lipinski definition) is 1. The first-order valence-electron chi connectivity index (χ1n) is 3.30. The zero-order chi connectivity index (χ0) is 10.0. The molecule has 0 heterocycles. The van der Waals surface area contributed by atoms with Crippen molar-refractivity contribution in [2.75, 3.05) is 5.33 Å². The highest BCUT2D eigenvalue weighted by atomic mass is 79.9. The number of halogens is 4. The summed E-state index contributed by atoms with van der Waals surface area (Å²) in [5.74, 6) is -2.63. The molecule has 0 saturated heterocycles. The van der Waals surface area contributed by atoms with E-state index in [2.05, 4.69) is 31.9 Å². The summed E-state index contributed by atoms with van der Waals surface area (Å²) in [6.45, 7) is 0. The van der Waals surface area contributed by atoms with Gasteiger partial charge in [0.1, 0.15) is 0 Å². The fraction of sp³-hybridized carbons (Fsp3) is 0.125. The van der Waals surface area contributed by atoms with E-state index >= 15 is 0 Å². The Morgan fingerprint density at radius 3 is 2.46 bits per heavy atom. The Bertz CT molecular complexity index is 352. The molecule has 0 unspecified atom stereocenters. The van der Waals surface area contributed by atoms with Gasteiger partial charge in [-0.3, -0.25) is 4.79 Å². The number of hydrogen-bond donors (Lipinski definition) is 0. The summed E-state index contributed by atoms with van der Waals surface area (Å²) in [6.07, 6.45) is 0. The van der Waals surface area contributed by atoms with E-state index in [1.807, 2.05) is 0 Å². The molecule has 1 aromatic carbocycles. The molecule has 0 radical (unpaired) electrons. The summed E-state index contributed by atoms with van der Waals surface area (Å²) in [4.78, 5) is 11.0. The Morgan fingerprint density at radius 1 is 1.31 bits per heavy atom. The fourth-order valence-corrected chi connectivity index (χ4v) is 1.42. The van der Waals surface area contributed by atoms with Crippen LogP contribution >= 0.6 is 31.9 Å². The second kappa shape index (κ2) is 4.28. The van der Waals surface area contributed by atoms with Crippen LogP contribution in [0.1, 0.15) is 10.4 Å². The van der Waals surface area contributed by atoms with Crippen molar-refractivity contribution in [2.45, 2.75) is 0 Å². The minimum Gasteiger partial charge on any atom is -0.293 e. The van der Waals surface area contributed by atoms with Crippen LogP contribution in [-0.4, -0.2) is 11.1 Å². The van der Waals surface area contributed by atoms with Gasteiger partial charge < -0.3 is 0 Å².